The zero-order valence-electron chi connectivity index (χ0n) is 14.4. The lowest BCUT2D eigenvalue weighted by Crippen LogP contribution is -2.39. The van der Waals surface area contributed by atoms with Gasteiger partial charge in [-0.15, -0.1) is 0 Å². The van der Waals surface area contributed by atoms with Crippen molar-refractivity contribution in [2.24, 2.45) is 0 Å². The molecule has 0 saturated heterocycles. The highest BCUT2D eigenvalue weighted by molar-refractivity contribution is 7.97. The predicted octanol–water partition coefficient (Wildman–Crippen LogP) is 4.63. The van der Waals surface area contributed by atoms with E-state index in [9.17, 15) is 18.0 Å². The highest BCUT2D eigenvalue weighted by Gasteiger charge is 2.43. The summed E-state index contributed by atoms with van der Waals surface area (Å²) in [6, 6.07) is 12.7. The van der Waals surface area contributed by atoms with Crippen LogP contribution in [0.25, 0.3) is 0 Å². The van der Waals surface area contributed by atoms with Gasteiger partial charge in [-0.2, -0.15) is 13.2 Å². The second kappa shape index (κ2) is 6.96. The van der Waals surface area contributed by atoms with Gasteiger partial charge in [-0.25, -0.2) is 0 Å². The van der Waals surface area contributed by atoms with E-state index in [4.69, 9.17) is 0 Å². The molecule has 26 heavy (non-hydrogen) atoms. The van der Waals surface area contributed by atoms with Gasteiger partial charge in [0.15, 0.2) is 0 Å². The third-order valence-corrected chi connectivity index (χ3v) is 5.31. The van der Waals surface area contributed by atoms with E-state index in [1.54, 1.807) is 4.90 Å². The molecule has 1 amide bonds. The summed E-state index contributed by atoms with van der Waals surface area (Å²) in [4.78, 5) is 15.1. The Morgan fingerprint density at radius 2 is 1.73 bits per heavy atom. The smallest absolute Gasteiger partial charge is 0.310 e. The minimum atomic E-state index is -4.33. The van der Waals surface area contributed by atoms with E-state index in [2.05, 4.69) is 4.72 Å². The maximum Gasteiger partial charge on any atom is 0.416 e. The first kappa shape index (κ1) is 18.8. The third kappa shape index (κ3) is 3.59. The first-order chi connectivity index (χ1) is 12.2. The van der Waals surface area contributed by atoms with Crippen molar-refractivity contribution in [1.82, 2.24) is 4.72 Å². The van der Waals surface area contributed by atoms with Crippen LogP contribution in [0, 0.1) is 0 Å². The minimum absolute atomic E-state index is 0.0556. The quantitative estimate of drug-likeness (QED) is 0.607. The van der Waals surface area contributed by atoms with Crippen LogP contribution in [0.4, 0.5) is 18.9 Å². The predicted molar refractivity (Wildman–Crippen MR) is 97.1 cm³/mol. The van der Waals surface area contributed by atoms with Gasteiger partial charge in [0.1, 0.15) is 0 Å². The lowest BCUT2D eigenvalue weighted by Gasteiger charge is -2.20. The average Bonchev–Trinajstić information content (AvgIpc) is 2.79. The summed E-state index contributed by atoms with van der Waals surface area (Å²) >= 11 is 1.25. The largest absolute Gasteiger partial charge is 0.416 e. The molecule has 2 aromatic rings. The number of amides is 1. The molecule has 0 radical (unpaired) electrons. The Morgan fingerprint density at radius 3 is 2.38 bits per heavy atom. The molecule has 1 heterocycles. The van der Waals surface area contributed by atoms with Gasteiger partial charge in [-0.1, -0.05) is 18.2 Å². The third-order valence-electron chi connectivity index (χ3n) is 4.46. The Morgan fingerprint density at radius 1 is 1.08 bits per heavy atom. The van der Waals surface area contributed by atoms with E-state index in [0.717, 1.165) is 23.4 Å². The fourth-order valence-electron chi connectivity index (χ4n) is 3.03. The van der Waals surface area contributed by atoms with E-state index < -0.39 is 17.2 Å². The van der Waals surface area contributed by atoms with E-state index in [-0.39, 0.29) is 5.91 Å². The first-order valence-corrected chi connectivity index (χ1v) is 9.01. The van der Waals surface area contributed by atoms with Crippen molar-refractivity contribution >= 4 is 23.5 Å². The van der Waals surface area contributed by atoms with Gasteiger partial charge in [0, 0.05) is 23.7 Å². The Bertz CT molecular complexity index is 803. The van der Waals surface area contributed by atoms with Crippen LogP contribution in [0.1, 0.15) is 25.0 Å². The molecule has 7 heteroatoms. The summed E-state index contributed by atoms with van der Waals surface area (Å²) in [6.45, 7) is 4.84. The van der Waals surface area contributed by atoms with Gasteiger partial charge in [0.2, 0.25) is 5.91 Å². The standard InChI is InChI=1S/C19H19F3N2OS/c1-18(2)15-5-3-4-6-16(15)24(17(18)25)12-11-23-26-14-9-7-13(8-10-14)19(20,21)22/h3-10,23H,11-12H2,1-2H3. The normalized spacial score (nSPS) is 16.0. The molecule has 138 valence electrons. The van der Waals surface area contributed by atoms with Crippen molar-refractivity contribution in [3.8, 4) is 0 Å². The lowest BCUT2D eigenvalue weighted by molar-refractivity contribution is -0.137. The van der Waals surface area contributed by atoms with Crippen molar-refractivity contribution < 1.29 is 18.0 Å². The Balaban J connectivity index is 1.57. The van der Waals surface area contributed by atoms with Gasteiger partial charge in [0.25, 0.3) is 0 Å². The number of alkyl halides is 3. The monoisotopic (exact) mass is 380 g/mol. The molecular weight excluding hydrogens is 361 g/mol. The maximum atomic E-state index is 12.7. The van der Waals surface area contributed by atoms with Crippen LogP contribution >= 0.6 is 11.9 Å². The minimum Gasteiger partial charge on any atom is -0.310 e. The van der Waals surface area contributed by atoms with Gasteiger partial charge in [-0.3, -0.25) is 9.52 Å². The summed E-state index contributed by atoms with van der Waals surface area (Å²) in [6.07, 6.45) is -4.33. The van der Waals surface area contributed by atoms with Crippen LogP contribution in [0.15, 0.2) is 53.4 Å². The molecule has 1 N–H and O–H groups in total. The molecule has 0 aliphatic carbocycles. The summed E-state index contributed by atoms with van der Waals surface area (Å²) in [5.41, 5.74) is 0.726. The number of hydrogen-bond donors (Lipinski definition) is 1. The van der Waals surface area contributed by atoms with E-state index in [1.165, 1.54) is 24.1 Å². The number of rotatable bonds is 5. The van der Waals surface area contributed by atoms with Crippen LogP contribution in [0.3, 0.4) is 0 Å². The molecule has 0 bridgehead atoms. The lowest BCUT2D eigenvalue weighted by atomic mass is 9.86. The molecule has 0 spiro atoms. The number of nitrogens with zero attached hydrogens (tertiary/aromatic N) is 1. The van der Waals surface area contributed by atoms with Crippen molar-refractivity contribution in [3.05, 3.63) is 59.7 Å². The molecule has 3 rings (SSSR count). The van der Waals surface area contributed by atoms with Crippen LogP contribution < -0.4 is 9.62 Å². The molecule has 0 fully saturated rings. The van der Waals surface area contributed by atoms with E-state index in [0.29, 0.717) is 18.0 Å². The Hall–Kier alpha value is -1.99. The van der Waals surface area contributed by atoms with Gasteiger partial charge >= 0.3 is 6.18 Å². The summed E-state index contributed by atoms with van der Waals surface area (Å²) in [5, 5.41) is 0. The van der Waals surface area contributed by atoms with Crippen molar-refractivity contribution in [3.63, 3.8) is 0 Å². The topological polar surface area (TPSA) is 32.3 Å². The summed E-state index contributed by atoms with van der Waals surface area (Å²) < 4.78 is 40.8. The molecule has 0 aromatic heterocycles. The Kier molecular flexibility index (Phi) is 5.03. The molecular formula is C19H19F3N2OS. The zero-order chi connectivity index (χ0) is 18.9. The number of fused-ring (bicyclic) bond motifs is 1. The summed E-state index contributed by atoms with van der Waals surface area (Å²) in [7, 11) is 0. The number of benzene rings is 2. The SMILES string of the molecule is CC1(C)C(=O)N(CCNSc2ccc(C(F)(F)F)cc2)c2ccccc21. The van der Waals surface area contributed by atoms with Crippen LogP contribution in [-0.2, 0) is 16.4 Å². The number of para-hydroxylation sites is 1. The highest BCUT2D eigenvalue weighted by Crippen LogP contribution is 2.41. The highest BCUT2D eigenvalue weighted by atomic mass is 32.2. The van der Waals surface area contributed by atoms with Crippen LogP contribution in [-0.4, -0.2) is 19.0 Å². The molecule has 0 unspecified atom stereocenters. The molecule has 1 aliphatic heterocycles. The van der Waals surface area contributed by atoms with E-state index >= 15 is 0 Å². The van der Waals surface area contributed by atoms with Crippen molar-refractivity contribution in [2.75, 3.05) is 18.0 Å². The number of anilines is 1. The number of hydrogen-bond acceptors (Lipinski definition) is 3. The fraction of sp³-hybridized carbons (Fsp3) is 0.316. The van der Waals surface area contributed by atoms with Crippen molar-refractivity contribution in [1.29, 1.82) is 0 Å². The molecule has 2 aromatic carbocycles. The van der Waals surface area contributed by atoms with Gasteiger partial charge < -0.3 is 4.90 Å². The van der Waals surface area contributed by atoms with Crippen LogP contribution in [0.2, 0.25) is 0 Å². The second-order valence-corrected chi connectivity index (χ2v) is 7.58. The maximum absolute atomic E-state index is 12.7. The number of carbonyl (C=O) groups is 1. The molecule has 0 saturated carbocycles. The first-order valence-electron chi connectivity index (χ1n) is 8.20. The number of carbonyl (C=O) groups excluding carboxylic acids is 1. The molecule has 0 atom stereocenters. The van der Waals surface area contributed by atoms with Gasteiger partial charge in [0.05, 0.1) is 11.0 Å². The zero-order valence-corrected chi connectivity index (χ0v) is 15.2. The fourth-order valence-corrected chi connectivity index (χ4v) is 3.66. The number of nitrogens with one attached hydrogen (secondary N) is 1. The summed E-state index contributed by atoms with van der Waals surface area (Å²) in [5.74, 6) is 0.0556. The van der Waals surface area contributed by atoms with E-state index in [1.807, 2.05) is 38.1 Å². The van der Waals surface area contributed by atoms with Gasteiger partial charge in [-0.05, 0) is 61.7 Å². The van der Waals surface area contributed by atoms with Crippen molar-refractivity contribution in [2.45, 2.75) is 30.3 Å². The second-order valence-electron chi connectivity index (χ2n) is 6.62. The number of halogens is 3. The molecule has 3 nitrogen and oxygen atoms in total. The van der Waals surface area contributed by atoms with Crippen LogP contribution in [0.5, 0.6) is 0 Å². The Labute approximate surface area is 154 Å². The molecule has 1 aliphatic rings. The average molecular weight is 380 g/mol.